The topological polar surface area (TPSA) is 64.9 Å². The van der Waals surface area contributed by atoms with Gasteiger partial charge in [0.2, 0.25) is 0 Å². The summed E-state index contributed by atoms with van der Waals surface area (Å²) in [4.78, 5) is 3.93. The van der Waals surface area contributed by atoms with E-state index in [9.17, 15) is 4.39 Å². The second-order valence-electron chi connectivity index (χ2n) is 3.99. The highest BCUT2D eigenvalue weighted by molar-refractivity contribution is 5.86. The van der Waals surface area contributed by atoms with Crippen molar-refractivity contribution >= 4 is 5.82 Å². The van der Waals surface area contributed by atoms with Crippen molar-refractivity contribution in [2.75, 3.05) is 5.73 Å². The summed E-state index contributed by atoms with van der Waals surface area (Å²) in [7, 11) is 0. The molecule has 0 aliphatic heterocycles. The van der Waals surface area contributed by atoms with Crippen molar-refractivity contribution in [2.24, 2.45) is 0 Å². The normalized spacial score (nSPS) is 10.6. The van der Waals surface area contributed by atoms with E-state index in [0.29, 0.717) is 16.9 Å². The van der Waals surface area contributed by atoms with Crippen LogP contribution in [-0.4, -0.2) is 10.1 Å². The first-order chi connectivity index (χ1) is 9.27. The molecular formula is C14H10FN3O. The van der Waals surface area contributed by atoms with E-state index in [0.717, 1.165) is 5.56 Å². The van der Waals surface area contributed by atoms with Gasteiger partial charge in [0.1, 0.15) is 5.82 Å². The summed E-state index contributed by atoms with van der Waals surface area (Å²) in [6.07, 6.45) is 3.25. The minimum Gasteiger partial charge on any atom is -0.380 e. The molecule has 0 aliphatic carbocycles. The summed E-state index contributed by atoms with van der Waals surface area (Å²) in [6, 6.07) is 9.88. The zero-order valence-electron chi connectivity index (χ0n) is 9.88. The van der Waals surface area contributed by atoms with Crippen molar-refractivity contribution in [2.45, 2.75) is 0 Å². The third-order valence-corrected chi connectivity index (χ3v) is 2.80. The SMILES string of the molecule is Nc1noc(-c2ccncc2)c1-c1ccccc1F. The average Bonchev–Trinajstić information content (AvgIpc) is 2.82. The van der Waals surface area contributed by atoms with Crippen LogP contribution in [0.3, 0.4) is 0 Å². The minimum atomic E-state index is -0.368. The van der Waals surface area contributed by atoms with E-state index >= 15 is 0 Å². The van der Waals surface area contributed by atoms with Crippen molar-refractivity contribution in [3.63, 3.8) is 0 Å². The lowest BCUT2D eigenvalue weighted by atomic mass is 10.0. The predicted molar refractivity (Wildman–Crippen MR) is 69.5 cm³/mol. The quantitative estimate of drug-likeness (QED) is 0.764. The molecule has 4 nitrogen and oxygen atoms in total. The molecule has 3 rings (SSSR count). The van der Waals surface area contributed by atoms with Crippen LogP contribution in [-0.2, 0) is 0 Å². The minimum absolute atomic E-state index is 0.164. The highest BCUT2D eigenvalue weighted by atomic mass is 19.1. The van der Waals surface area contributed by atoms with Crippen LogP contribution in [0.15, 0.2) is 53.3 Å². The van der Waals surface area contributed by atoms with E-state index < -0.39 is 0 Å². The summed E-state index contributed by atoms with van der Waals surface area (Å²) in [5, 5.41) is 3.73. The number of pyridine rings is 1. The highest BCUT2D eigenvalue weighted by Crippen LogP contribution is 2.37. The molecule has 0 radical (unpaired) electrons. The monoisotopic (exact) mass is 255 g/mol. The number of halogens is 1. The summed E-state index contributed by atoms with van der Waals surface area (Å²) in [6.45, 7) is 0. The number of benzene rings is 1. The van der Waals surface area contributed by atoms with Gasteiger partial charge in [0.15, 0.2) is 11.6 Å². The maximum absolute atomic E-state index is 13.9. The number of anilines is 1. The Kier molecular flexibility index (Phi) is 2.72. The van der Waals surface area contributed by atoms with Crippen LogP contribution in [0, 0.1) is 5.82 Å². The lowest BCUT2D eigenvalue weighted by molar-refractivity contribution is 0.436. The van der Waals surface area contributed by atoms with E-state index in [4.69, 9.17) is 10.3 Å². The number of nitrogens with two attached hydrogens (primary N) is 1. The fourth-order valence-corrected chi connectivity index (χ4v) is 1.93. The maximum Gasteiger partial charge on any atom is 0.177 e. The molecule has 0 saturated carbocycles. The van der Waals surface area contributed by atoms with Gasteiger partial charge in [-0.1, -0.05) is 23.4 Å². The molecule has 0 fully saturated rings. The number of hydrogen-bond acceptors (Lipinski definition) is 4. The number of nitrogen functional groups attached to an aromatic ring is 1. The van der Waals surface area contributed by atoms with Crippen molar-refractivity contribution in [3.05, 3.63) is 54.6 Å². The fourth-order valence-electron chi connectivity index (χ4n) is 1.93. The molecule has 0 saturated heterocycles. The van der Waals surface area contributed by atoms with Gasteiger partial charge < -0.3 is 10.3 Å². The van der Waals surface area contributed by atoms with Gasteiger partial charge in [-0.25, -0.2) is 4.39 Å². The average molecular weight is 255 g/mol. The molecule has 0 unspecified atom stereocenters. The van der Waals surface area contributed by atoms with Crippen LogP contribution in [0.1, 0.15) is 0 Å². The van der Waals surface area contributed by atoms with E-state index in [2.05, 4.69) is 10.1 Å². The molecule has 94 valence electrons. The lowest BCUT2D eigenvalue weighted by Gasteiger charge is -2.03. The van der Waals surface area contributed by atoms with Crippen LogP contribution in [0.25, 0.3) is 22.5 Å². The van der Waals surface area contributed by atoms with Crippen molar-refractivity contribution in [1.29, 1.82) is 0 Å². The van der Waals surface area contributed by atoms with Gasteiger partial charge in [-0.2, -0.15) is 0 Å². The molecule has 0 atom stereocenters. The number of aromatic nitrogens is 2. The molecule has 3 aromatic rings. The Balaban J connectivity index is 2.23. The molecular weight excluding hydrogens is 245 g/mol. The van der Waals surface area contributed by atoms with Crippen molar-refractivity contribution < 1.29 is 8.91 Å². The van der Waals surface area contributed by atoms with Gasteiger partial charge in [0, 0.05) is 23.5 Å². The van der Waals surface area contributed by atoms with Gasteiger partial charge in [-0.15, -0.1) is 0 Å². The van der Waals surface area contributed by atoms with E-state index in [1.54, 1.807) is 42.7 Å². The van der Waals surface area contributed by atoms with Gasteiger partial charge in [0.25, 0.3) is 0 Å². The largest absolute Gasteiger partial charge is 0.380 e. The molecule has 1 aromatic carbocycles. The third-order valence-electron chi connectivity index (χ3n) is 2.80. The van der Waals surface area contributed by atoms with Gasteiger partial charge in [-0.05, 0) is 18.2 Å². The van der Waals surface area contributed by atoms with Gasteiger partial charge in [0.05, 0.1) is 5.56 Å². The molecule has 0 amide bonds. The van der Waals surface area contributed by atoms with Crippen molar-refractivity contribution in [3.8, 4) is 22.5 Å². The standard InChI is InChI=1S/C14H10FN3O/c15-11-4-2-1-3-10(11)12-13(19-18-14(12)16)9-5-7-17-8-6-9/h1-8H,(H2,16,18). The van der Waals surface area contributed by atoms with E-state index in [1.807, 2.05) is 0 Å². The summed E-state index contributed by atoms with van der Waals surface area (Å²) >= 11 is 0. The Morgan fingerprint density at radius 1 is 1.05 bits per heavy atom. The van der Waals surface area contributed by atoms with Crippen LogP contribution < -0.4 is 5.73 Å². The van der Waals surface area contributed by atoms with E-state index in [1.165, 1.54) is 6.07 Å². The predicted octanol–water partition coefficient (Wildman–Crippen LogP) is 3.12. The molecule has 0 aliphatic rings. The molecule has 19 heavy (non-hydrogen) atoms. The van der Waals surface area contributed by atoms with Crippen LogP contribution in [0.5, 0.6) is 0 Å². The number of nitrogens with zero attached hydrogens (tertiary/aromatic N) is 2. The lowest BCUT2D eigenvalue weighted by Crippen LogP contribution is -1.91. The van der Waals surface area contributed by atoms with Crippen LogP contribution >= 0.6 is 0 Å². The summed E-state index contributed by atoms with van der Waals surface area (Å²) in [5.74, 6) is 0.231. The zero-order valence-corrected chi connectivity index (χ0v) is 9.88. The summed E-state index contributed by atoms with van der Waals surface area (Å²) < 4.78 is 19.1. The Morgan fingerprint density at radius 2 is 1.79 bits per heavy atom. The Labute approximate surface area is 108 Å². The van der Waals surface area contributed by atoms with Crippen LogP contribution in [0.4, 0.5) is 10.2 Å². The fraction of sp³-hybridized carbons (Fsp3) is 0. The first-order valence-corrected chi connectivity index (χ1v) is 5.68. The molecule has 2 aromatic heterocycles. The second kappa shape index (κ2) is 4.53. The smallest absolute Gasteiger partial charge is 0.177 e. The Hall–Kier alpha value is -2.69. The first kappa shape index (κ1) is 11.4. The first-order valence-electron chi connectivity index (χ1n) is 5.68. The Bertz CT molecular complexity index is 710. The molecule has 0 bridgehead atoms. The van der Waals surface area contributed by atoms with E-state index in [-0.39, 0.29) is 11.6 Å². The maximum atomic E-state index is 13.9. The third kappa shape index (κ3) is 1.95. The van der Waals surface area contributed by atoms with Gasteiger partial charge in [-0.3, -0.25) is 4.98 Å². The molecule has 2 heterocycles. The Morgan fingerprint density at radius 3 is 2.53 bits per heavy atom. The zero-order chi connectivity index (χ0) is 13.2. The van der Waals surface area contributed by atoms with Gasteiger partial charge >= 0.3 is 0 Å². The molecule has 0 spiro atoms. The molecule has 5 heteroatoms. The number of hydrogen-bond donors (Lipinski definition) is 1. The van der Waals surface area contributed by atoms with Crippen LogP contribution in [0.2, 0.25) is 0 Å². The summed E-state index contributed by atoms with van der Waals surface area (Å²) in [5.41, 5.74) is 7.37. The second-order valence-corrected chi connectivity index (χ2v) is 3.99. The van der Waals surface area contributed by atoms with Crippen molar-refractivity contribution in [1.82, 2.24) is 10.1 Å². The number of rotatable bonds is 2. The molecule has 2 N–H and O–H groups in total. The highest BCUT2D eigenvalue weighted by Gasteiger charge is 2.19.